The zero-order valence-corrected chi connectivity index (χ0v) is 13.7. The number of ketones is 1. The van der Waals surface area contributed by atoms with E-state index >= 15 is 0 Å². The fourth-order valence-corrected chi connectivity index (χ4v) is 2.48. The van der Waals surface area contributed by atoms with Gasteiger partial charge in [-0.15, -0.1) is 0 Å². The van der Waals surface area contributed by atoms with Crippen LogP contribution in [0.5, 0.6) is 11.5 Å². The number of carbonyl (C=O) groups excluding carboxylic acids is 1. The molecule has 0 aliphatic carbocycles. The van der Waals surface area contributed by atoms with Crippen LogP contribution in [-0.4, -0.2) is 17.3 Å². The topological polar surface area (TPSA) is 69.4 Å². The molecule has 0 unspecified atom stereocenters. The van der Waals surface area contributed by atoms with E-state index in [0.717, 1.165) is 0 Å². The third-order valence-corrected chi connectivity index (χ3v) is 3.56. The summed E-state index contributed by atoms with van der Waals surface area (Å²) in [6, 6.07) is 6.79. The van der Waals surface area contributed by atoms with Crippen molar-refractivity contribution >= 4 is 29.0 Å². The SMILES string of the molecule is O=C(C[N+](=O)[O-])c1ccccc1Oc1c(Cl)cc(C(F)(F)F)cc1Cl. The number of nitro groups is 1. The van der Waals surface area contributed by atoms with Crippen LogP contribution in [0.2, 0.25) is 10.0 Å². The van der Waals surface area contributed by atoms with Gasteiger partial charge < -0.3 is 4.74 Å². The van der Waals surface area contributed by atoms with Crippen molar-refractivity contribution in [3.63, 3.8) is 0 Å². The van der Waals surface area contributed by atoms with E-state index in [1.54, 1.807) is 0 Å². The van der Waals surface area contributed by atoms with Gasteiger partial charge in [-0.05, 0) is 24.3 Å². The van der Waals surface area contributed by atoms with E-state index in [9.17, 15) is 28.1 Å². The molecule has 0 aliphatic rings. The van der Waals surface area contributed by atoms with Crippen LogP contribution in [0.4, 0.5) is 13.2 Å². The van der Waals surface area contributed by atoms with Crippen molar-refractivity contribution < 1.29 is 27.6 Å². The van der Waals surface area contributed by atoms with Crippen LogP contribution in [0.1, 0.15) is 15.9 Å². The molecule has 0 bridgehead atoms. The summed E-state index contributed by atoms with van der Waals surface area (Å²) in [7, 11) is 0. The summed E-state index contributed by atoms with van der Waals surface area (Å²) in [5.41, 5.74) is -1.18. The minimum Gasteiger partial charge on any atom is -0.453 e. The molecule has 2 rings (SSSR count). The van der Waals surface area contributed by atoms with E-state index in [2.05, 4.69) is 0 Å². The lowest BCUT2D eigenvalue weighted by molar-refractivity contribution is -0.465. The Morgan fingerprint density at radius 3 is 2.24 bits per heavy atom. The highest BCUT2D eigenvalue weighted by Crippen LogP contribution is 2.42. The van der Waals surface area contributed by atoms with Crippen molar-refractivity contribution in [2.75, 3.05) is 6.54 Å². The minimum atomic E-state index is -4.65. The highest BCUT2D eigenvalue weighted by Gasteiger charge is 2.32. The van der Waals surface area contributed by atoms with Crippen LogP contribution in [0.15, 0.2) is 36.4 Å². The van der Waals surface area contributed by atoms with Gasteiger partial charge in [-0.3, -0.25) is 14.9 Å². The van der Waals surface area contributed by atoms with Crippen molar-refractivity contribution in [3.05, 3.63) is 67.7 Å². The molecule has 0 aliphatic heterocycles. The van der Waals surface area contributed by atoms with Crippen LogP contribution in [0, 0.1) is 10.1 Å². The molecule has 5 nitrogen and oxygen atoms in total. The van der Waals surface area contributed by atoms with Crippen molar-refractivity contribution in [2.45, 2.75) is 6.18 Å². The number of alkyl halides is 3. The highest BCUT2D eigenvalue weighted by molar-refractivity contribution is 6.37. The lowest BCUT2D eigenvalue weighted by Crippen LogP contribution is -2.14. The van der Waals surface area contributed by atoms with Gasteiger partial charge in [-0.1, -0.05) is 35.3 Å². The number of Topliss-reactive ketones (excluding diaryl/α,β-unsaturated/α-hetero) is 1. The number of para-hydroxylation sites is 1. The summed E-state index contributed by atoms with van der Waals surface area (Å²) in [6.45, 7) is -0.963. The molecule has 0 atom stereocenters. The summed E-state index contributed by atoms with van der Waals surface area (Å²) in [4.78, 5) is 21.6. The molecule has 0 heterocycles. The van der Waals surface area contributed by atoms with E-state index in [-0.39, 0.29) is 17.1 Å². The lowest BCUT2D eigenvalue weighted by Gasteiger charge is -2.14. The molecule has 0 N–H and O–H groups in total. The summed E-state index contributed by atoms with van der Waals surface area (Å²) < 4.78 is 43.6. The van der Waals surface area contributed by atoms with Gasteiger partial charge in [0.25, 0.3) is 6.54 Å². The largest absolute Gasteiger partial charge is 0.453 e. The molecule has 0 saturated carbocycles. The van der Waals surface area contributed by atoms with Gasteiger partial charge in [-0.25, -0.2) is 0 Å². The van der Waals surface area contributed by atoms with Gasteiger partial charge in [0.05, 0.1) is 21.2 Å². The Hall–Kier alpha value is -2.32. The van der Waals surface area contributed by atoms with Gasteiger partial charge in [0.1, 0.15) is 5.75 Å². The van der Waals surface area contributed by atoms with Crippen LogP contribution in [-0.2, 0) is 6.18 Å². The van der Waals surface area contributed by atoms with Gasteiger partial charge in [0.15, 0.2) is 5.75 Å². The minimum absolute atomic E-state index is 0.113. The first-order chi connectivity index (χ1) is 11.6. The predicted molar refractivity (Wildman–Crippen MR) is 84.2 cm³/mol. The van der Waals surface area contributed by atoms with E-state index in [1.807, 2.05) is 0 Å². The first-order valence-electron chi connectivity index (χ1n) is 6.57. The van der Waals surface area contributed by atoms with Crippen molar-refractivity contribution in [2.24, 2.45) is 0 Å². The first kappa shape index (κ1) is 19.0. The maximum Gasteiger partial charge on any atom is 0.416 e. The van der Waals surface area contributed by atoms with Crippen molar-refractivity contribution in [3.8, 4) is 11.5 Å². The smallest absolute Gasteiger partial charge is 0.416 e. The molecule has 25 heavy (non-hydrogen) atoms. The second-order valence-electron chi connectivity index (χ2n) is 4.78. The number of carbonyl (C=O) groups is 1. The monoisotopic (exact) mass is 393 g/mol. The Kier molecular flexibility index (Phi) is 5.54. The number of rotatable bonds is 5. The number of nitrogens with zero attached hydrogens (tertiary/aromatic N) is 1. The van der Waals surface area contributed by atoms with Crippen LogP contribution >= 0.6 is 23.2 Å². The van der Waals surface area contributed by atoms with Crippen LogP contribution in [0.3, 0.4) is 0 Å². The fourth-order valence-electron chi connectivity index (χ4n) is 1.92. The Labute approximate surface area is 149 Å². The molecule has 0 fully saturated rings. The number of ether oxygens (including phenoxy) is 1. The second-order valence-corrected chi connectivity index (χ2v) is 5.59. The van der Waals surface area contributed by atoms with E-state index in [1.165, 1.54) is 24.3 Å². The summed E-state index contributed by atoms with van der Waals surface area (Å²) >= 11 is 11.6. The lowest BCUT2D eigenvalue weighted by atomic mass is 10.1. The average molecular weight is 394 g/mol. The Morgan fingerprint density at radius 1 is 1.16 bits per heavy atom. The van der Waals surface area contributed by atoms with Crippen molar-refractivity contribution in [1.29, 1.82) is 0 Å². The van der Waals surface area contributed by atoms with Gasteiger partial charge in [-0.2, -0.15) is 13.2 Å². The molecule has 2 aromatic rings. The Balaban J connectivity index is 2.41. The molecule has 0 radical (unpaired) electrons. The molecule has 0 amide bonds. The van der Waals surface area contributed by atoms with Crippen molar-refractivity contribution in [1.82, 2.24) is 0 Å². The summed E-state index contributed by atoms with van der Waals surface area (Å²) in [5, 5.41) is 9.65. The molecule has 2 aromatic carbocycles. The highest BCUT2D eigenvalue weighted by atomic mass is 35.5. The van der Waals surface area contributed by atoms with E-state index in [4.69, 9.17) is 27.9 Å². The molecular weight excluding hydrogens is 386 g/mol. The Morgan fingerprint density at radius 2 is 1.72 bits per heavy atom. The van der Waals surface area contributed by atoms with E-state index in [0.29, 0.717) is 12.1 Å². The summed E-state index contributed by atoms with van der Waals surface area (Å²) in [5.74, 6) is -1.24. The Bertz CT molecular complexity index is 817. The average Bonchev–Trinajstić information content (AvgIpc) is 2.49. The van der Waals surface area contributed by atoms with Gasteiger partial charge in [0, 0.05) is 4.92 Å². The molecule has 0 spiro atoms. The number of benzene rings is 2. The number of hydrogen-bond donors (Lipinski definition) is 0. The standard InChI is InChI=1S/C15H8Cl2F3NO4/c16-10-5-8(15(18,19)20)6-11(17)14(10)25-13-4-2-1-3-9(13)12(22)7-21(23)24/h1-6H,7H2. The zero-order chi connectivity index (χ0) is 18.8. The normalized spacial score (nSPS) is 11.2. The molecule has 0 saturated heterocycles. The third kappa shape index (κ3) is 4.61. The maximum absolute atomic E-state index is 12.7. The first-order valence-corrected chi connectivity index (χ1v) is 7.33. The van der Waals surface area contributed by atoms with Crippen LogP contribution < -0.4 is 4.74 Å². The third-order valence-electron chi connectivity index (χ3n) is 3.00. The molecule has 132 valence electrons. The molecule has 10 heteroatoms. The molecule has 0 aromatic heterocycles. The fraction of sp³-hybridized carbons (Fsp3) is 0.133. The second kappa shape index (κ2) is 7.28. The number of hydrogen-bond acceptors (Lipinski definition) is 4. The van der Waals surface area contributed by atoms with E-state index < -0.39 is 39.0 Å². The quantitative estimate of drug-likeness (QED) is 0.394. The number of halogens is 5. The zero-order valence-electron chi connectivity index (χ0n) is 12.1. The summed E-state index contributed by atoms with van der Waals surface area (Å²) in [6.07, 6.45) is -4.65. The maximum atomic E-state index is 12.7. The molecular formula is C15H8Cl2F3NO4. The van der Waals surface area contributed by atoms with Gasteiger partial charge in [0.2, 0.25) is 5.78 Å². The van der Waals surface area contributed by atoms with Gasteiger partial charge >= 0.3 is 6.18 Å². The predicted octanol–water partition coefficient (Wildman–Crippen LogP) is 5.26. The van der Waals surface area contributed by atoms with Crippen LogP contribution in [0.25, 0.3) is 0 Å².